The lowest BCUT2D eigenvalue weighted by molar-refractivity contribution is -0.116. The van der Waals surface area contributed by atoms with Gasteiger partial charge in [-0.25, -0.2) is 0 Å². The van der Waals surface area contributed by atoms with Gasteiger partial charge in [0.25, 0.3) is 0 Å². The molecule has 4 rings (SSSR count). The van der Waals surface area contributed by atoms with E-state index in [1.54, 1.807) is 20.3 Å². The van der Waals surface area contributed by atoms with Crippen molar-refractivity contribution in [1.29, 1.82) is 0 Å². The van der Waals surface area contributed by atoms with Crippen molar-refractivity contribution in [3.05, 3.63) is 101 Å². The molecule has 1 saturated carbocycles. The number of nitrogens with one attached hydrogen (secondary N) is 1. The van der Waals surface area contributed by atoms with Crippen LogP contribution < -0.4 is 14.8 Å². The van der Waals surface area contributed by atoms with Gasteiger partial charge in [0.15, 0.2) is 0 Å². The van der Waals surface area contributed by atoms with E-state index < -0.39 is 0 Å². The van der Waals surface area contributed by atoms with Gasteiger partial charge in [0.1, 0.15) is 11.5 Å². The minimum atomic E-state index is -0.193. The molecule has 2 aromatic carbocycles. The first-order valence-corrected chi connectivity index (χ1v) is 12.2. The Morgan fingerprint density at radius 2 is 1.71 bits per heavy atom. The number of unbranched alkanes of at least 4 members (excludes halogenated alkanes) is 1. The third-order valence-electron chi connectivity index (χ3n) is 6.95. The van der Waals surface area contributed by atoms with Gasteiger partial charge in [0.05, 0.1) is 14.2 Å². The molecule has 0 bridgehead atoms. The number of benzene rings is 2. The quantitative estimate of drug-likeness (QED) is 0.301. The number of aryl methyl sites for hydroxylation is 2. The molecule has 1 heterocycles. The number of ether oxygens (including phenoxy) is 2. The summed E-state index contributed by atoms with van der Waals surface area (Å²) in [5.74, 6) is 1.85. The number of amides is 1. The fourth-order valence-corrected chi connectivity index (χ4v) is 4.85. The Morgan fingerprint density at radius 3 is 2.34 bits per heavy atom. The zero-order valence-corrected chi connectivity index (χ0v) is 20.8. The second kappa shape index (κ2) is 11.2. The molecule has 1 aliphatic rings. The van der Waals surface area contributed by atoms with Crippen LogP contribution in [0.3, 0.4) is 0 Å². The number of methoxy groups -OCH3 is 2. The molecule has 182 valence electrons. The van der Waals surface area contributed by atoms with Crippen LogP contribution in [-0.4, -0.2) is 31.7 Å². The van der Waals surface area contributed by atoms with Crippen LogP contribution in [0.5, 0.6) is 11.5 Å². The SMILES string of the molecule is COc1cccc(C2(c3cccc(OC)c3)C[C@H]2C=CC(=O)NCCCCc2cccnc2C)c1. The number of nitrogens with zero attached hydrogens (tertiary/aromatic N) is 1. The van der Waals surface area contributed by atoms with E-state index in [0.29, 0.717) is 6.54 Å². The molecular formula is C30H34N2O3. The minimum Gasteiger partial charge on any atom is -0.497 e. The lowest BCUT2D eigenvalue weighted by Crippen LogP contribution is -2.22. The van der Waals surface area contributed by atoms with Crippen LogP contribution in [0.1, 0.15) is 41.6 Å². The van der Waals surface area contributed by atoms with Crippen LogP contribution in [0.25, 0.3) is 0 Å². The summed E-state index contributed by atoms with van der Waals surface area (Å²) in [4.78, 5) is 16.8. The Kier molecular flexibility index (Phi) is 7.86. The van der Waals surface area contributed by atoms with E-state index in [4.69, 9.17) is 9.47 Å². The van der Waals surface area contributed by atoms with Crippen LogP contribution in [0.2, 0.25) is 0 Å². The normalized spacial score (nSPS) is 16.1. The Hall–Kier alpha value is -3.60. The van der Waals surface area contributed by atoms with E-state index in [1.807, 2.05) is 49.5 Å². The van der Waals surface area contributed by atoms with Crippen molar-refractivity contribution in [2.75, 3.05) is 20.8 Å². The summed E-state index contributed by atoms with van der Waals surface area (Å²) >= 11 is 0. The first-order chi connectivity index (χ1) is 17.1. The van der Waals surface area contributed by atoms with Crippen LogP contribution in [0, 0.1) is 12.8 Å². The van der Waals surface area contributed by atoms with Crippen molar-refractivity contribution in [3.8, 4) is 11.5 Å². The molecule has 0 aliphatic heterocycles. The third-order valence-corrected chi connectivity index (χ3v) is 6.95. The highest BCUT2D eigenvalue weighted by molar-refractivity contribution is 5.87. The highest BCUT2D eigenvalue weighted by Gasteiger charge is 2.55. The molecule has 0 unspecified atom stereocenters. The van der Waals surface area contributed by atoms with Crippen molar-refractivity contribution in [2.45, 2.75) is 38.0 Å². The maximum atomic E-state index is 12.5. The molecule has 5 nitrogen and oxygen atoms in total. The predicted octanol–water partition coefficient (Wildman–Crippen LogP) is 5.41. The predicted molar refractivity (Wildman–Crippen MR) is 139 cm³/mol. The maximum absolute atomic E-state index is 12.5. The summed E-state index contributed by atoms with van der Waals surface area (Å²) < 4.78 is 11.0. The lowest BCUT2D eigenvalue weighted by Gasteiger charge is -2.20. The summed E-state index contributed by atoms with van der Waals surface area (Å²) in [6.07, 6.45) is 9.44. The van der Waals surface area contributed by atoms with E-state index in [-0.39, 0.29) is 17.2 Å². The van der Waals surface area contributed by atoms with Gasteiger partial charge in [0, 0.05) is 23.9 Å². The molecule has 35 heavy (non-hydrogen) atoms. The number of allylic oxidation sites excluding steroid dienone is 1. The van der Waals surface area contributed by atoms with Crippen LogP contribution in [0.15, 0.2) is 79.0 Å². The Labute approximate surface area is 208 Å². The molecule has 1 aromatic heterocycles. The molecule has 1 atom stereocenters. The zero-order valence-electron chi connectivity index (χ0n) is 20.8. The van der Waals surface area contributed by atoms with Crippen molar-refractivity contribution >= 4 is 5.91 Å². The molecule has 0 spiro atoms. The smallest absolute Gasteiger partial charge is 0.243 e. The number of pyridine rings is 1. The third kappa shape index (κ3) is 5.73. The Balaban J connectivity index is 1.38. The van der Waals surface area contributed by atoms with Gasteiger partial charge < -0.3 is 14.8 Å². The molecule has 1 amide bonds. The molecule has 5 heteroatoms. The monoisotopic (exact) mass is 470 g/mol. The average Bonchev–Trinajstić information content (AvgIpc) is 3.64. The summed E-state index contributed by atoms with van der Waals surface area (Å²) in [7, 11) is 3.37. The van der Waals surface area contributed by atoms with E-state index in [0.717, 1.165) is 42.9 Å². The number of hydrogen-bond donors (Lipinski definition) is 1. The van der Waals surface area contributed by atoms with E-state index in [1.165, 1.54) is 16.7 Å². The van der Waals surface area contributed by atoms with E-state index in [9.17, 15) is 4.79 Å². The number of hydrogen-bond acceptors (Lipinski definition) is 4. The number of aromatic nitrogens is 1. The summed E-state index contributed by atoms with van der Waals surface area (Å²) in [5.41, 5.74) is 4.54. The molecule has 3 aromatic rings. The van der Waals surface area contributed by atoms with Gasteiger partial charge in [-0.15, -0.1) is 0 Å². The Morgan fingerprint density at radius 1 is 1.03 bits per heavy atom. The fourth-order valence-electron chi connectivity index (χ4n) is 4.85. The van der Waals surface area contributed by atoms with Crippen molar-refractivity contribution in [2.24, 2.45) is 5.92 Å². The Bertz CT molecular complexity index is 1140. The fraction of sp³-hybridized carbons (Fsp3) is 0.333. The highest BCUT2D eigenvalue weighted by atomic mass is 16.5. The molecule has 1 N–H and O–H groups in total. The van der Waals surface area contributed by atoms with Gasteiger partial charge in [-0.2, -0.15) is 0 Å². The maximum Gasteiger partial charge on any atom is 0.243 e. The van der Waals surface area contributed by atoms with Crippen molar-refractivity contribution in [1.82, 2.24) is 10.3 Å². The van der Waals surface area contributed by atoms with E-state index in [2.05, 4.69) is 40.6 Å². The first-order valence-electron chi connectivity index (χ1n) is 12.2. The lowest BCUT2D eigenvalue weighted by atomic mass is 9.85. The summed E-state index contributed by atoms with van der Waals surface area (Å²) in [6.45, 7) is 2.71. The van der Waals surface area contributed by atoms with Gasteiger partial charge >= 0.3 is 0 Å². The second-order valence-electron chi connectivity index (χ2n) is 9.10. The molecule has 0 saturated heterocycles. The minimum absolute atomic E-state index is 0.0420. The summed E-state index contributed by atoms with van der Waals surface area (Å²) in [5, 5.41) is 3.03. The highest BCUT2D eigenvalue weighted by Crippen LogP contribution is 2.60. The van der Waals surface area contributed by atoms with Crippen LogP contribution >= 0.6 is 0 Å². The van der Waals surface area contributed by atoms with Gasteiger partial charge in [-0.05, 0) is 91.6 Å². The standard InChI is InChI=1S/C30H34N2O3/c1-22-23(10-8-18-31-22)9-4-5-17-32-29(33)16-15-26-21-30(26,24-11-6-13-27(19-24)34-2)25-12-7-14-28(20-25)35-3/h6-8,10-16,18-20,26H,4-5,9,17,21H2,1-3H3,(H,32,33)/t26-/m1/s1. The van der Waals surface area contributed by atoms with Gasteiger partial charge in [0.2, 0.25) is 5.91 Å². The van der Waals surface area contributed by atoms with Crippen LogP contribution in [0.4, 0.5) is 0 Å². The number of carbonyl (C=O) groups is 1. The largest absolute Gasteiger partial charge is 0.497 e. The van der Waals surface area contributed by atoms with Crippen LogP contribution in [-0.2, 0) is 16.6 Å². The first kappa shape index (κ1) is 24.5. The van der Waals surface area contributed by atoms with Gasteiger partial charge in [-0.1, -0.05) is 36.4 Å². The molecule has 1 aliphatic carbocycles. The second-order valence-corrected chi connectivity index (χ2v) is 9.10. The summed E-state index contributed by atoms with van der Waals surface area (Å²) in [6, 6.07) is 20.5. The average molecular weight is 471 g/mol. The van der Waals surface area contributed by atoms with Crippen molar-refractivity contribution in [3.63, 3.8) is 0 Å². The van der Waals surface area contributed by atoms with Gasteiger partial charge in [-0.3, -0.25) is 9.78 Å². The van der Waals surface area contributed by atoms with E-state index >= 15 is 0 Å². The molecule has 1 fully saturated rings. The number of rotatable bonds is 11. The number of carbonyl (C=O) groups excluding carboxylic acids is 1. The topological polar surface area (TPSA) is 60.5 Å². The van der Waals surface area contributed by atoms with Crippen molar-refractivity contribution < 1.29 is 14.3 Å². The molecule has 0 radical (unpaired) electrons. The molecular weight excluding hydrogens is 436 g/mol. The zero-order chi connectivity index (χ0) is 24.7.